The standard InChI is InChI=1S/C17H23N5O/c1-2-22-13-16(10-20-22)17(23)21(12-15-5-7-19-9-15)11-14-4-3-6-18-8-14/h3-4,6,8,10,13,15,19H,2,5,7,9,11-12H2,1H3/t15-/m1/s1. The summed E-state index contributed by atoms with van der Waals surface area (Å²) in [6.07, 6.45) is 8.18. The first-order chi connectivity index (χ1) is 11.3. The van der Waals surface area contributed by atoms with Crippen LogP contribution < -0.4 is 5.32 Å². The normalized spacial score (nSPS) is 17.3. The highest BCUT2D eigenvalue weighted by atomic mass is 16.2. The number of aryl methyl sites for hydroxylation is 1. The van der Waals surface area contributed by atoms with Crippen molar-refractivity contribution in [2.75, 3.05) is 19.6 Å². The third-order valence-electron chi connectivity index (χ3n) is 4.23. The molecule has 122 valence electrons. The molecule has 0 bridgehead atoms. The number of hydrogen-bond donors (Lipinski definition) is 1. The van der Waals surface area contributed by atoms with Crippen LogP contribution in [0.15, 0.2) is 36.9 Å². The zero-order chi connectivity index (χ0) is 16.1. The molecule has 6 heteroatoms. The maximum Gasteiger partial charge on any atom is 0.257 e. The van der Waals surface area contributed by atoms with Gasteiger partial charge < -0.3 is 10.2 Å². The van der Waals surface area contributed by atoms with Crippen molar-refractivity contribution in [2.24, 2.45) is 5.92 Å². The second kappa shape index (κ2) is 7.37. The topological polar surface area (TPSA) is 63.1 Å². The predicted molar refractivity (Wildman–Crippen MR) is 87.9 cm³/mol. The van der Waals surface area contributed by atoms with Gasteiger partial charge >= 0.3 is 0 Å². The molecule has 0 saturated carbocycles. The first-order valence-electron chi connectivity index (χ1n) is 8.17. The molecule has 1 saturated heterocycles. The summed E-state index contributed by atoms with van der Waals surface area (Å²) in [6, 6.07) is 3.92. The Labute approximate surface area is 136 Å². The molecule has 2 aromatic rings. The number of carbonyl (C=O) groups is 1. The number of aromatic nitrogens is 3. The monoisotopic (exact) mass is 313 g/mol. The van der Waals surface area contributed by atoms with Crippen LogP contribution in [0.4, 0.5) is 0 Å². The Balaban J connectivity index is 1.76. The van der Waals surface area contributed by atoms with Gasteiger partial charge in [-0.3, -0.25) is 14.5 Å². The second-order valence-electron chi connectivity index (χ2n) is 5.99. The molecule has 3 heterocycles. The highest BCUT2D eigenvalue weighted by Crippen LogP contribution is 2.15. The SMILES string of the molecule is CCn1cc(C(=O)N(Cc2cccnc2)C[C@@H]2CCNC2)cn1. The summed E-state index contributed by atoms with van der Waals surface area (Å²) in [5.74, 6) is 0.553. The van der Waals surface area contributed by atoms with Gasteiger partial charge in [0.2, 0.25) is 0 Å². The largest absolute Gasteiger partial charge is 0.334 e. The van der Waals surface area contributed by atoms with Gasteiger partial charge in [0.25, 0.3) is 5.91 Å². The van der Waals surface area contributed by atoms with E-state index in [4.69, 9.17) is 0 Å². The van der Waals surface area contributed by atoms with Crippen molar-refractivity contribution in [1.82, 2.24) is 25.0 Å². The van der Waals surface area contributed by atoms with Crippen molar-refractivity contribution in [2.45, 2.75) is 26.4 Å². The lowest BCUT2D eigenvalue weighted by molar-refractivity contribution is 0.0718. The van der Waals surface area contributed by atoms with Gasteiger partial charge in [0.15, 0.2) is 0 Å². The highest BCUT2D eigenvalue weighted by Gasteiger charge is 2.23. The third kappa shape index (κ3) is 3.96. The van der Waals surface area contributed by atoms with Crippen molar-refractivity contribution in [3.63, 3.8) is 0 Å². The van der Waals surface area contributed by atoms with Crippen LogP contribution in [0.5, 0.6) is 0 Å². The van der Waals surface area contributed by atoms with Crippen molar-refractivity contribution in [1.29, 1.82) is 0 Å². The number of hydrogen-bond acceptors (Lipinski definition) is 4. The van der Waals surface area contributed by atoms with Crippen molar-refractivity contribution >= 4 is 5.91 Å². The van der Waals surface area contributed by atoms with E-state index in [1.54, 1.807) is 17.1 Å². The lowest BCUT2D eigenvalue weighted by atomic mass is 10.1. The number of pyridine rings is 1. The Morgan fingerprint density at radius 2 is 2.39 bits per heavy atom. The number of rotatable bonds is 6. The summed E-state index contributed by atoms with van der Waals surface area (Å²) in [4.78, 5) is 19.0. The fraction of sp³-hybridized carbons (Fsp3) is 0.471. The molecule has 3 rings (SSSR count). The van der Waals surface area contributed by atoms with E-state index in [2.05, 4.69) is 15.4 Å². The van der Waals surface area contributed by atoms with E-state index in [1.165, 1.54) is 0 Å². The molecule has 1 amide bonds. The first-order valence-corrected chi connectivity index (χ1v) is 8.17. The van der Waals surface area contributed by atoms with Crippen LogP contribution in [-0.4, -0.2) is 45.2 Å². The summed E-state index contributed by atoms with van der Waals surface area (Å²) in [5, 5.41) is 7.59. The Hall–Kier alpha value is -2.21. The Morgan fingerprint density at radius 3 is 3.04 bits per heavy atom. The maximum absolute atomic E-state index is 12.9. The quantitative estimate of drug-likeness (QED) is 0.879. The van der Waals surface area contributed by atoms with Gasteiger partial charge in [-0.1, -0.05) is 6.07 Å². The average molecular weight is 313 g/mol. The van der Waals surface area contributed by atoms with Gasteiger partial charge in [-0.25, -0.2) is 0 Å². The maximum atomic E-state index is 12.9. The molecular weight excluding hydrogens is 290 g/mol. The van der Waals surface area contributed by atoms with Crippen LogP contribution in [0.3, 0.4) is 0 Å². The van der Waals surface area contributed by atoms with Crippen molar-refractivity contribution in [3.8, 4) is 0 Å². The molecule has 1 atom stereocenters. The van der Waals surface area contributed by atoms with E-state index in [0.717, 1.165) is 38.2 Å². The molecule has 1 aliphatic rings. The van der Waals surface area contributed by atoms with Gasteiger partial charge in [0.1, 0.15) is 0 Å². The van der Waals surface area contributed by atoms with Crippen LogP contribution in [0.1, 0.15) is 29.3 Å². The molecule has 6 nitrogen and oxygen atoms in total. The molecule has 0 unspecified atom stereocenters. The van der Waals surface area contributed by atoms with Crippen molar-refractivity contribution in [3.05, 3.63) is 48.0 Å². The minimum absolute atomic E-state index is 0.0421. The molecule has 0 aliphatic carbocycles. The summed E-state index contributed by atoms with van der Waals surface area (Å²) in [7, 11) is 0. The van der Waals surface area contributed by atoms with E-state index in [1.807, 2.05) is 36.4 Å². The molecule has 0 aromatic carbocycles. The fourth-order valence-electron chi connectivity index (χ4n) is 2.94. The lowest BCUT2D eigenvalue weighted by Gasteiger charge is -2.25. The molecule has 23 heavy (non-hydrogen) atoms. The first kappa shape index (κ1) is 15.7. The average Bonchev–Trinajstić information content (AvgIpc) is 3.26. The summed E-state index contributed by atoms with van der Waals surface area (Å²) in [5.41, 5.74) is 1.70. The van der Waals surface area contributed by atoms with Gasteiger partial charge in [-0.2, -0.15) is 5.10 Å². The number of nitrogens with zero attached hydrogens (tertiary/aromatic N) is 4. The number of nitrogens with one attached hydrogen (secondary N) is 1. The zero-order valence-corrected chi connectivity index (χ0v) is 13.5. The summed E-state index contributed by atoms with van der Waals surface area (Å²) >= 11 is 0. The second-order valence-corrected chi connectivity index (χ2v) is 5.99. The van der Waals surface area contributed by atoms with Gasteiger partial charge in [0.05, 0.1) is 11.8 Å². The minimum atomic E-state index is 0.0421. The van der Waals surface area contributed by atoms with Gasteiger partial charge in [0, 0.05) is 38.2 Å². The smallest absolute Gasteiger partial charge is 0.257 e. The number of carbonyl (C=O) groups excluding carboxylic acids is 1. The predicted octanol–water partition coefficient (Wildman–Crippen LogP) is 1.55. The van der Waals surface area contributed by atoms with E-state index < -0.39 is 0 Å². The van der Waals surface area contributed by atoms with Crippen LogP contribution in [0.2, 0.25) is 0 Å². The molecule has 1 N–H and O–H groups in total. The van der Waals surface area contributed by atoms with E-state index in [-0.39, 0.29) is 5.91 Å². The van der Waals surface area contributed by atoms with Crippen LogP contribution >= 0.6 is 0 Å². The van der Waals surface area contributed by atoms with Crippen LogP contribution in [-0.2, 0) is 13.1 Å². The van der Waals surface area contributed by atoms with E-state index >= 15 is 0 Å². The Bertz CT molecular complexity index is 633. The molecule has 0 spiro atoms. The minimum Gasteiger partial charge on any atom is -0.334 e. The van der Waals surface area contributed by atoms with Gasteiger partial charge in [-0.15, -0.1) is 0 Å². The molecule has 2 aromatic heterocycles. The van der Waals surface area contributed by atoms with E-state index in [0.29, 0.717) is 18.0 Å². The number of amides is 1. The zero-order valence-electron chi connectivity index (χ0n) is 13.5. The van der Waals surface area contributed by atoms with Crippen molar-refractivity contribution < 1.29 is 4.79 Å². The highest BCUT2D eigenvalue weighted by molar-refractivity contribution is 5.93. The Kier molecular flexibility index (Phi) is 5.02. The lowest BCUT2D eigenvalue weighted by Crippen LogP contribution is -2.35. The van der Waals surface area contributed by atoms with Crippen LogP contribution in [0.25, 0.3) is 0 Å². The third-order valence-corrected chi connectivity index (χ3v) is 4.23. The summed E-state index contributed by atoms with van der Waals surface area (Å²) < 4.78 is 1.78. The molecular formula is C17H23N5O. The molecule has 1 fully saturated rings. The van der Waals surface area contributed by atoms with Crippen LogP contribution in [0, 0.1) is 5.92 Å². The summed E-state index contributed by atoms with van der Waals surface area (Å²) in [6.45, 7) is 6.14. The van der Waals surface area contributed by atoms with Gasteiger partial charge in [-0.05, 0) is 44.0 Å². The molecule has 0 radical (unpaired) electrons. The fourth-order valence-corrected chi connectivity index (χ4v) is 2.94. The Morgan fingerprint density at radius 1 is 1.48 bits per heavy atom. The molecule has 1 aliphatic heterocycles. The van der Waals surface area contributed by atoms with E-state index in [9.17, 15) is 4.79 Å².